The van der Waals surface area contributed by atoms with Gasteiger partial charge in [-0.2, -0.15) is 17.9 Å². The fraction of sp³-hybridized carbons (Fsp3) is 0.917. The lowest BCUT2D eigenvalue weighted by atomic mass is 10.0. The number of nitriles is 1. The van der Waals surface area contributed by atoms with E-state index < -0.39 is 0 Å². The maximum atomic E-state index is 8.58. The van der Waals surface area contributed by atoms with Crippen LogP contribution in [0, 0.1) is 17.2 Å². The molecule has 3 nitrogen and oxygen atoms in total. The van der Waals surface area contributed by atoms with Crippen molar-refractivity contribution in [1.82, 2.24) is 4.90 Å². The molecule has 0 rings (SSSR count). The first-order chi connectivity index (χ1) is 7.74. The van der Waals surface area contributed by atoms with Crippen LogP contribution >= 0.6 is 12.6 Å². The third-order valence-electron chi connectivity index (χ3n) is 2.71. The standard InChI is InChI=1S/C12H24N2OS/c1-12(5-11-16)4-8-14(7-3-6-13)9-10-15-2/h12,16H,3-5,7-11H2,1-2H3. The average molecular weight is 244 g/mol. The number of methoxy groups -OCH3 is 1. The predicted molar refractivity (Wildman–Crippen MR) is 70.8 cm³/mol. The monoisotopic (exact) mass is 244 g/mol. The van der Waals surface area contributed by atoms with Crippen molar-refractivity contribution in [2.24, 2.45) is 5.92 Å². The molecule has 0 saturated heterocycles. The molecule has 0 saturated carbocycles. The van der Waals surface area contributed by atoms with Gasteiger partial charge in [0.05, 0.1) is 12.7 Å². The highest BCUT2D eigenvalue weighted by Gasteiger charge is 2.07. The van der Waals surface area contributed by atoms with Crippen LogP contribution in [0.5, 0.6) is 0 Å². The normalized spacial score (nSPS) is 12.7. The zero-order valence-corrected chi connectivity index (χ0v) is 11.4. The van der Waals surface area contributed by atoms with E-state index in [9.17, 15) is 0 Å². The average Bonchev–Trinajstić information content (AvgIpc) is 2.28. The second kappa shape index (κ2) is 11.3. The number of hydrogen-bond acceptors (Lipinski definition) is 4. The molecule has 0 aliphatic heterocycles. The molecule has 0 spiro atoms. The van der Waals surface area contributed by atoms with Crippen molar-refractivity contribution in [2.45, 2.75) is 26.2 Å². The van der Waals surface area contributed by atoms with E-state index in [1.807, 2.05) is 0 Å². The molecule has 4 heteroatoms. The van der Waals surface area contributed by atoms with E-state index in [1.165, 1.54) is 12.8 Å². The summed E-state index contributed by atoms with van der Waals surface area (Å²) in [5.74, 6) is 1.67. The summed E-state index contributed by atoms with van der Waals surface area (Å²) in [5.41, 5.74) is 0. The van der Waals surface area contributed by atoms with E-state index >= 15 is 0 Å². The van der Waals surface area contributed by atoms with Crippen LogP contribution in [0.25, 0.3) is 0 Å². The fourth-order valence-electron chi connectivity index (χ4n) is 1.53. The second-order valence-electron chi connectivity index (χ2n) is 4.15. The second-order valence-corrected chi connectivity index (χ2v) is 4.60. The minimum absolute atomic E-state index is 0.602. The van der Waals surface area contributed by atoms with Gasteiger partial charge in [0, 0.05) is 26.6 Å². The van der Waals surface area contributed by atoms with Gasteiger partial charge in [0.15, 0.2) is 0 Å². The van der Waals surface area contributed by atoms with Crippen LogP contribution in [0.2, 0.25) is 0 Å². The van der Waals surface area contributed by atoms with Gasteiger partial charge in [0.25, 0.3) is 0 Å². The Bertz CT molecular complexity index is 194. The van der Waals surface area contributed by atoms with E-state index in [2.05, 4.69) is 30.5 Å². The van der Waals surface area contributed by atoms with Crippen LogP contribution in [0.4, 0.5) is 0 Å². The molecule has 0 radical (unpaired) electrons. The van der Waals surface area contributed by atoms with E-state index in [1.54, 1.807) is 7.11 Å². The van der Waals surface area contributed by atoms with Crippen LogP contribution in [-0.2, 0) is 4.74 Å². The molecule has 0 fully saturated rings. The topological polar surface area (TPSA) is 36.3 Å². The first-order valence-electron chi connectivity index (χ1n) is 5.93. The molecular weight excluding hydrogens is 220 g/mol. The van der Waals surface area contributed by atoms with Crippen LogP contribution in [0.15, 0.2) is 0 Å². The maximum Gasteiger partial charge on any atom is 0.0635 e. The summed E-state index contributed by atoms with van der Waals surface area (Å²) < 4.78 is 5.07. The lowest BCUT2D eigenvalue weighted by molar-refractivity contribution is 0.145. The highest BCUT2D eigenvalue weighted by Crippen LogP contribution is 2.09. The van der Waals surface area contributed by atoms with E-state index in [0.29, 0.717) is 12.3 Å². The molecule has 0 aromatic carbocycles. The molecule has 0 aliphatic carbocycles. The molecule has 0 amide bonds. The first-order valence-corrected chi connectivity index (χ1v) is 6.57. The molecule has 0 N–H and O–H groups in total. The van der Waals surface area contributed by atoms with E-state index in [4.69, 9.17) is 10.00 Å². The summed E-state index contributed by atoms with van der Waals surface area (Å²) in [6.45, 7) is 5.83. The maximum absolute atomic E-state index is 8.58. The first kappa shape index (κ1) is 15.8. The highest BCUT2D eigenvalue weighted by atomic mass is 32.1. The van der Waals surface area contributed by atoms with Crippen molar-refractivity contribution >= 4 is 12.6 Å². The quantitative estimate of drug-likeness (QED) is 0.599. The smallest absolute Gasteiger partial charge is 0.0635 e. The fourth-order valence-corrected chi connectivity index (χ4v) is 1.97. The van der Waals surface area contributed by atoms with Crippen LogP contribution in [0.1, 0.15) is 26.2 Å². The van der Waals surface area contributed by atoms with Gasteiger partial charge >= 0.3 is 0 Å². The zero-order chi connectivity index (χ0) is 12.2. The third kappa shape index (κ3) is 9.02. The molecule has 0 bridgehead atoms. The summed E-state index contributed by atoms with van der Waals surface area (Å²) >= 11 is 4.24. The number of thiol groups is 1. The van der Waals surface area contributed by atoms with Crippen LogP contribution < -0.4 is 0 Å². The predicted octanol–water partition coefficient (Wildman–Crippen LogP) is 2.19. The Labute approximate surface area is 105 Å². The molecule has 0 aromatic rings. The van der Waals surface area contributed by atoms with Gasteiger partial charge in [-0.05, 0) is 31.1 Å². The van der Waals surface area contributed by atoms with Crippen molar-refractivity contribution in [2.75, 3.05) is 39.1 Å². The van der Waals surface area contributed by atoms with Gasteiger partial charge in [0.2, 0.25) is 0 Å². The van der Waals surface area contributed by atoms with Crippen molar-refractivity contribution in [3.63, 3.8) is 0 Å². The molecule has 0 heterocycles. The summed E-state index contributed by atoms with van der Waals surface area (Å²) in [6, 6.07) is 2.19. The van der Waals surface area contributed by atoms with Crippen LogP contribution in [0.3, 0.4) is 0 Å². The summed E-state index contributed by atoms with van der Waals surface area (Å²) in [7, 11) is 1.71. The molecular formula is C12H24N2OS. The zero-order valence-electron chi connectivity index (χ0n) is 10.5. The van der Waals surface area contributed by atoms with E-state index in [-0.39, 0.29) is 0 Å². The Morgan fingerprint density at radius 2 is 2.06 bits per heavy atom. The van der Waals surface area contributed by atoms with Crippen molar-refractivity contribution in [3.05, 3.63) is 0 Å². The SMILES string of the molecule is COCCN(CCC#N)CCC(C)CCS. The van der Waals surface area contributed by atoms with Gasteiger partial charge in [-0.1, -0.05) is 6.92 Å². The van der Waals surface area contributed by atoms with Crippen molar-refractivity contribution in [1.29, 1.82) is 5.26 Å². The Hall–Kier alpha value is -0.240. The molecule has 1 atom stereocenters. The van der Waals surface area contributed by atoms with Gasteiger partial charge in [-0.25, -0.2) is 0 Å². The Morgan fingerprint density at radius 1 is 1.31 bits per heavy atom. The van der Waals surface area contributed by atoms with Crippen LogP contribution in [-0.4, -0.2) is 44.0 Å². The number of rotatable bonds is 10. The van der Waals surface area contributed by atoms with Gasteiger partial charge in [-0.15, -0.1) is 0 Å². The largest absolute Gasteiger partial charge is 0.383 e. The Kier molecular flexibility index (Phi) is 11.1. The number of ether oxygens (including phenoxy) is 1. The van der Waals surface area contributed by atoms with E-state index in [0.717, 1.165) is 32.0 Å². The van der Waals surface area contributed by atoms with Gasteiger partial charge < -0.3 is 9.64 Å². The lowest BCUT2D eigenvalue weighted by Crippen LogP contribution is -2.30. The highest BCUT2D eigenvalue weighted by molar-refractivity contribution is 7.80. The summed E-state index contributed by atoms with van der Waals surface area (Å²) in [6.07, 6.45) is 2.94. The number of hydrogen-bond donors (Lipinski definition) is 1. The molecule has 16 heavy (non-hydrogen) atoms. The molecule has 0 aliphatic rings. The third-order valence-corrected chi connectivity index (χ3v) is 2.97. The number of nitrogens with zero attached hydrogens (tertiary/aromatic N) is 2. The minimum Gasteiger partial charge on any atom is -0.383 e. The molecule has 94 valence electrons. The van der Waals surface area contributed by atoms with Gasteiger partial charge in [-0.3, -0.25) is 0 Å². The Morgan fingerprint density at radius 3 is 2.62 bits per heavy atom. The minimum atomic E-state index is 0.602. The lowest BCUT2D eigenvalue weighted by Gasteiger charge is -2.22. The molecule has 1 unspecified atom stereocenters. The summed E-state index contributed by atoms with van der Waals surface area (Å²) in [4.78, 5) is 2.31. The summed E-state index contributed by atoms with van der Waals surface area (Å²) in [5, 5.41) is 8.58. The van der Waals surface area contributed by atoms with Crippen molar-refractivity contribution < 1.29 is 4.74 Å². The van der Waals surface area contributed by atoms with Crippen molar-refractivity contribution in [3.8, 4) is 6.07 Å². The van der Waals surface area contributed by atoms with Gasteiger partial charge in [0.1, 0.15) is 0 Å². The molecule has 0 aromatic heterocycles. The Balaban J connectivity index is 3.76.